The van der Waals surface area contributed by atoms with Crippen LogP contribution in [0.25, 0.3) is 21.9 Å². The first-order chi connectivity index (χ1) is 15.9. The SMILES string of the molecule is Cn1ccc2c(S(=O)(=O)NC3CCN(CCCc4noc5cc(F)ccc45)CC3)cccc21. The molecule has 0 bridgehead atoms. The van der Waals surface area contributed by atoms with Crippen LogP contribution in [0, 0.1) is 5.82 Å². The van der Waals surface area contributed by atoms with Crippen LogP contribution >= 0.6 is 0 Å². The van der Waals surface area contributed by atoms with Gasteiger partial charge < -0.3 is 14.0 Å². The lowest BCUT2D eigenvalue weighted by Crippen LogP contribution is -2.44. The number of benzene rings is 2. The molecule has 1 aliphatic heterocycles. The molecule has 3 heterocycles. The van der Waals surface area contributed by atoms with Crippen LogP contribution in [0.2, 0.25) is 0 Å². The average molecular weight is 471 g/mol. The van der Waals surface area contributed by atoms with Gasteiger partial charge in [0, 0.05) is 41.6 Å². The summed E-state index contributed by atoms with van der Waals surface area (Å²) in [4.78, 5) is 2.69. The number of rotatable bonds is 7. The summed E-state index contributed by atoms with van der Waals surface area (Å²) in [7, 11) is -1.68. The minimum atomic E-state index is -3.59. The minimum absolute atomic E-state index is 0.0698. The summed E-state index contributed by atoms with van der Waals surface area (Å²) in [5, 5.41) is 5.69. The van der Waals surface area contributed by atoms with Gasteiger partial charge in [-0.15, -0.1) is 0 Å². The van der Waals surface area contributed by atoms with Crippen molar-refractivity contribution >= 4 is 31.9 Å². The number of aryl methyl sites for hydroxylation is 2. The molecule has 1 N–H and O–H groups in total. The lowest BCUT2D eigenvalue weighted by Gasteiger charge is -2.32. The van der Waals surface area contributed by atoms with Gasteiger partial charge in [-0.25, -0.2) is 17.5 Å². The summed E-state index contributed by atoms with van der Waals surface area (Å²) < 4.78 is 49.5. The molecule has 1 saturated heterocycles. The number of piperidine rings is 1. The summed E-state index contributed by atoms with van der Waals surface area (Å²) in [6.45, 7) is 2.58. The number of fused-ring (bicyclic) bond motifs is 2. The van der Waals surface area contributed by atoms with Gasteiger partial charge in [0.1, 0.15) is 5.82 Å². The Hall–Kier alpha value is -2.75. The lowest BCUT2D eigenvalue weighted by molar-refractivity contribution is 0.205. The number of nitrogens with one attached hydrogen (secondary N) is 1. The Labute approximate surface area is 192 Å². The Bertz CT molecular complexity index is 1390. The topological polar surface area (TPSA) is 80.4 Å². The Morgan fingerprint density at radius 2 is 1.97 bits per heavy atom. The molecular weight excluding hydrogens is 443 g/mol. The van der Waals surface area contributed by atoms with Gasteiger partial charge in [0.2, 0.25) is 10.0 Å². The van der Waals surface area contributed by atoms with Gasteiger partial charge in [-0.3, -0.25) is 0 Å². The Kier molecular flexibility index (Phi) is 5.94. The van der Waals surface area contributed by atoms with Crippen molar-refractivity contribution in [1.82, 2.24) is 19.3 Å². The molecule has 0 atom stereocenters. The van der Waals surface area contributed by atoms with Crippen LogP contribution in [0.1, 0.15) is 25.0 Å². The van der Waals surface area contributed by atoms with Gasteiger partial charge in [0.05, 0.1) is 10.6 Å². The second kappa shape index (κ2) is 8.89. The highest BCUT2D eigenvalue weighted by Crippen LogP contribution is 2.25. The molecule has 5 rings (SSSR count). The number of sulfonamides is 1. The van der Waals surface area contributed by atoms with Crippen LogP contribution in [0.15, 0.2) is 58.1 Å². The molecule has 174 valence electrons. The third kappa shape index (κ3) is 4.53. The summed E-state index contributed by atoms with van der Waals surface area (Å²) in [6, 6.07) is 11.6. The van der Waals surface area contributed by atoms with Gasteiger partial charge in [-0.05, 0) is 75.6 Å². The zero-order valence-electron chi connectivity index (χ0n) is 18.5. The minimum Gasteiger partial charge on any atom is -0.356 e. The second-order valence-corrected chi connectivity index (χ2v) is 10.4. The van der Waals surface area contributed by atoms with Crippen LogP contribution in [0.5, 0.6) is 0 Å². The van der Waals surface area contributed by atoms with Crippen LogP contribution in [0.3, 0.4) is 0 Å². The Balaban J connectivity index is 1.14. The number of halogens is 1. The highest BCUT2D eigenvalue weighted by Gasteiger charge is 2.26. The molecule has 9 heteroatoms. The van der Waals surface area contributed by atoms with E-state index in [0.29, 0.717) is 10.5 Å². The maximum Gasteiger partial charge on any atom is 0.241 e. The van der Waals surface area contributed by atoms with Crippen molar-refractivity contribution in [2.45, 2.75) is 36.6 Å². The highest BCUT2D eigenvalue weighted by atomic mass is 32.2. The van der Waals surface area contributed by atoms with E-state index in [2.05, 4.69) is 14.8 Å². The molecule has 33 heavy (non-hydrogen) atoms. The maximum atomic E-state index is 13.3. The van der Waals surface area contributed by atoms with Crippen molar-refractivity contribution < 1.29 is 17.3 Å². The largest absolute Gasteiger partial charge is 0.356 e. The first-order valence-electron chi connectivity index (χ1n) is 11.2. The van der Waals surface area contributed by atoms with Gasteiger partial charge in [0.25, 0.3) is 0 Å². The van der Waals surface area contributed by atoms with E-state index in [-0.39, 0.29) is 11.9 Å². The number of likely N-dealkylation sites (tertiary alicyclic amines) is 1. The van der Waals surface area contributed by atoms with Gasteiger partial charge in [-0.1, -0.05) is 11.2 Å². The zero-order chi connectivity index (χ0) is 23.0. The maximum absolute atomic E-state index is 13.3. The van der Waals surface area contributed by atoms with Crippen LogP contribution < -0.4 is 4.72 Å². The summed E-state index contributed by atoms with van der Waals surface area (Å²) >= 11 is 0. The van der Waals surface area contributed by atoms with Gasteiger partial charge >= 0.3 is 0 Å². The van der Waals surface area contributed by atoms with Crippen LogP contribution in [0.4, 0.5) is 4.39 Å². The number of aromatic nitrogens is 2. The molecule has 0 amide bonds. The van der Waals surface area contributed by atoms with E-state index in [1.165, 1.54) is 12.1 Å². The van der Waals surface area contributed by atoms with Crippen molar-refractivity contribution in [3.63, 3.8) is 0 Å². The van der Waals surface area contributed by atoms with Gasteiger partial charge in [0.15, 0.2) is 5.58 Å². The van der Waals surface area contributed by atoms with E-state index in [1.807, 2.05) is 29.9 Å². The summed E-state index contributed by atoms with van der Waals surface area (Å²) in [5.74, 6) is -0.329. The van der Waals surface area contributed by atoms with Crippen molar-refractivity contribution in [2.75, 3.05) is 19.6 Å². The van der Waals surface area contributed by atoms with Crippen LogP contribution in [-0.2, 0) is 23.5 Å². The molecule has 0 spiro atoms. The summed E-state index contributed by atoms with van der Waals surface area (Å²) in [6.07, 6.45) is 5.09. The molecule has 4 aromatic rings. The van der Waals surface area contributed by atoms with E-state index in [9.17, 15) is 12.8 Å². The van der Waals surface area contributed by atoms with Crippen LogP contribution in [-0.4, -0.2) is 48.7 Å². The van der Waals surface area contributed by atoms with Crippen molar-refractivity contribution in [3.05, 3.63) is 60.2 Å². The molecule has 2 aromatic carbocycles. The Morgan fingerprint density at radius 1 is 1.15 bits per heavy atom. The monoisotopic (exact) mass is 470 g/mol. The first kappa shape index (κ1) is 22.1. The molecule has 0 aliphatic carbocycles. The second-order valence-electron chi connectivity index (χ2n) is 8.73. The number of nitrogens with zero attached hydrogens (tertiary/aromatic N) is 3. The molecule has 1 aliphatic rings. The average Bonchev–Trinajstić information content (AvgIpc) is 3.38. The highest BCUT2D eigenvalue weighted by molar-refractivity contribution is 7.89. The molecule has 0 saturated carbocycles. The van der Waals surface area contributed by atoms with Crippen molar-refractivity contribution in [2.24, 2.45) is 7.05 Å². The van der Waals surface area contributed by atoms with E-state index in [1.54, 1.807) is 18.2 Å². The third-order valence-electron chi connectivity index (χ3n) is 6.48. The molecule has 0 unspecified atom stereocenters. The molecule has 1 fully saturated rings. The molecule has 7 nitrogen and oxygen atoms in total. The van der Waals surface area contributed by atoms with E-state index < -0.39 is 10.0 Å². The zero-order valence-corrected chi connectivity index (χ0v) is 19.3. The smallest absolute Gasteiger partial charge is 0.241 e. The van der Waals surface area contributed by atoms with Gasteiger partial charge in [-0.2, -0.15) is 0 Å². The molecule has 0 radical (unpaired) electrons. The third-order valence-corrected chi connectivity index (χ3v) is 8.06. The fraction of sp³-hybridized carbons (Fsp3) is 0.375. The van der Waals surface area contributed by atoms with Crippen molar-refractivity contribution in [1.29, 1.82) is 0 Å². The first-order valence-corrected chi connectivity index (χ1v) is 12.7. The molecular formula is C24H27FN4O3S. The normalized spacial score (nSPS) is 16.2. The predicted molar refractivity (Wildman–Crippen MR) is 125 cm³/mol. The fourth-order valence-electron chi connectivity index (χ4n) is 4.68. The number of hydrogen-bond donors (Lipinski definition) is 1. The van der Waals surface area contributed by atoms with E-state index in [0.717, 1.165) is 67.3 Å². The van der Waals surface area contributed by atoms with E-state index >= 15 is 0 Å². The van der Waals surface area contributed by atoms with E-state index in [4.69, 9.17) is 4.52 Å². The predicted octanol–water partition coefficient (Wildman–Crippen LogP) is 3.83. The lowest BCUT2D eigenvalue weighted by atomic mass is 10.1. The summed E-state index contributed by atoms with van der Waals surface area (Å²) in [5.41, 5.74) is 2.23. The quantitative estimate of drug-likeness (QED) is 0.444. The van der Waals surface area contributed by atoms with Crippen molar-refractivity contribution in [3.8, 4) is 0 Å². The Morgan fingerprint density at radius 3 is 2.79 bits per heavy atom. The standard InChI is InChI=1S/C24H27FN4O3S/c1-28-13-11-20-22(28)5-2-6-24(20)33(30,31)27-18-9-14-29(15-10-18)12-3-4-21-19-8-7-17(25)16-23(19)32-26-21/h2,5-8,11,13,16,18,27H,3-4,9-10,12,14-15H2,1H3. The fourth-order valence-corrected chi connectivity index (χ4v) is 6.20. The number of hydrogen-bond acceptors (Lipinski definition) is 5. The molecule has 2 aromatic heterocycles.